The monoisotopic (exact) mass is 233 g/mol. The van der Waals surface area contributed by atoms with Gasteiger partial charge in [-0.15, -0.1) is 0 Å². The number of aliphatic carboxylic acids is 1. The highest BCUT2D eigenvalue weighted by Gasteiger charge is 2.46. The number of carboxylic acids is 1. The molecule has 1 fully saturated rings. The predicted octanol–water partition coefficient (Wildman–Crippen LogP) is 2.57. The van der Waals surface area contributed by atoms with Gasteiger partial charge in [-0.1, -0.05) is 18.6 Å². The second kappa shape index (κ2) is 4.06. The molecule has 3 nitrogen and oxygen atoms in total. The number of carboxylic acid groups (broad SMARTS) is 1. The first-order chi connectivity index (χ1) is 7.97. The largest absolute Gasteiger partial charge is 0.481 e. The van der Waals surface area contributed by atoms with Crippen molar-refractivity contribution >= 4 is 11.7 Å². The van der Waals surface area contributed by atoms with E-state index in [1.54, 1.807) is 0 Å². The van der Waals surface area contributed by atoms with E-state index >= 15 is 0 Å². The first kappa shape index (κ1) is 12.0. The molecule has 0 radical (unpaired) electrons. The van der Waals surface area contributed by atoms with Gasteiger partial charge in [-0.25, -0.2) is 0 Å². The molecule has 0 unspecified atom stereocenters. The number of anilines is 1. The van der Waals surface area contributed by atoms with Crippen molar-refractivity contribution in [3.05, 3.63) is 29.3 Å². The van der Waals surface area contributed by atoms with Crippen molar-refractivity contribution in [3.63, 3.8) is 0 Å². The van der Waals surface area contributed by atoms with Crippen molar-refractivity contribution in [1.29, 1.82) is 0 Å². The number of carbonyl (C=O) groups is 1. The van der Waals surface area contributed by atoms with Crippen LogP contribution in [0.25, 0.3) is 0 Å². The Balaban J connectivity index is 2.46. The predicted molar refractivity (Wildman–Crippen MR) is 68.7 cm³/mol. The topological polar surface area (TPSA) is 40.5 Å². The Morgan fingerprint density at radius 3 is 2.41 bits per heavy atom. The van der Waals surface area contributed by atoms with E-state index in [1.165, 1.54) is 5.56 Å². The molecule has 3 heteroatoms. The summed E-state index contributed by atoms with van der Waals surface area (Å²) in [5.74, 6) is -0.683. The maximum absolute atomic E-state index is 11.5. The summed E-state index contributed by atoms with van der Waals surface area (Å²) < 4.78 is 0. The van der Waals surface area contributed by atoms with Crippen LogP contribution in [0.2, 0.25) is 0 Å². The van der Waals surface area contributed by atoms with Gasteiger partial charge in [0.15, 0.2) is 0 Å². The normalized spacial score (nSPS) is 17.4. The Labute approximate surface area is 102 Å². The first-order valence-electron chi connectivity index (χ1n) is 5.99. The number of aryl methyl sites for hydroxylation is 1. The number of hydrogen-bond acceptors (Lipinski definition) is 2. The van der Waals surface area contributed by atoms with Crippen molar-refractivity contribution in [1.82, 2.24) is 0 Å². The third-order valence-corrected chi connectivity index (χ3v) is 3.86. The molecule has 0 aromatic heterocycles. The summed E-state index contributed by atoms with van der Waals surface area (Å²) in [5, 5.41) is 9.42. The van der Waals surface area contributed by atoms with Crippen molar-refractivity contribution in [2.24, 2.45) is 0 Å². The number of benzene rings is 1. The molecule has 0 amide bonds. The Kier molecular flexibility index (Phi) is 2.86. The molecule has 2 rings (SSSR count). The van der Waals surface area contributed by atoms with Crippen molar-refractivity contribution in [2.45, 2.75) is 31.6 Å². The highest BCUT2D eigenvalue weighted by atomic mass is 16.4. The molecular weight excluding hydrogens is 214 g/mol. The van der Waals surface area contributed by atoms with Gasteiger partial charge in [-0.2, -0.15) is 0 Å². The van der Waals surface area contributed by atoms with Crippen LogP contribution in [0.5, 0.6) is 0 Å². The lowest BCUT2D eigenvalue weighted by atomic mass is 9.64. The second-order valence-electron chi connectivity index (χ2n) is 5.14. The van der Waals surface area contributed by atoms with E-state index in [1.807, 2.05) is 44.1 Å². The number of rotatable bonds is 3. The van der Waals surface area contributed by atoms with E-state index in [0.29, 0.717) is 0 Å². The van der Waals surface area contributed by atoms with Crippen molar-refractivity contribution < 1.29 is 9.90 Å². The van der Waals surface area contributed by atoms with Gasteiger partial charge in [-0.3, -0.25) is 4.79 Å². The van der Waals surface area contributed by atoms with Gasteiger partial charge in [0.2, 0.25) is 0 Å². The molecular formula is C14H19NO2. The molecule has 0 aliphatic heterocycles. The number of nitrogens with zero attached hydrogens (tertiary/aromatic N) is 1. The molecule has 0 spiro atoms. The molecule has 1 saturated carbocycles. The summed E-state index contributed by atoms with van der Waals surface area (Å²) in [4.78, 5) is 13.5. The number of hydrogen-bond donors (Lipinski definition) is 1. The zero-order valence-corrected chi connectivity index (χ0v) is 10.7. The summed E-state index contributed by atoms with van der Waals surface area (Å²) in [6, 6.07) is 6.02. The molecule has 0 heterocycles. The molecule has 17 heavy (non-hydrogen) atoms. The lowest BCUT2D eigenvalue weighted by Gasteiger charge is -2.38. The SMILES string of the molecule is Cc1ccc(C2(C(=O)O)CCC2)cc1N(C)C. The summed E-state index contributed by atoms with van der Waals surface area (Å²) in [6.07, 6.45) is 2.54. The van der Waals surface area contributed by atoms with Crippen molar-refractivity contribution in [2.75, 3.05) is 19.0 Å². The molecule has 1 N–H and O–H groups in total. The molecule has 1 aliphatic rings. The Morgan fingerprint density at radius 1 is 1.35 bits per heavy atom. The molecule has 1 aromatic rings. The van der Waals surface area contributed by atoms with E-state index in [9.17, 15) is 9.90 Å². The van der Waals surface area contributed by atoms with Gasteiger partial charge in [0.25, 0.3) is 0 Å². The third-order valence-electron chi connectivity index (χ3n) is 3.86. The lowest BCUT2D eigenvalue weighted by molar-refractivity contribution is -0.147. The van der Waals surface area contributed by atoms with Gasteiger partial charge >= 0.3 is 5.97 Å². The average molecular weight is 233 g/mol. The summed E-state index contributed by atoms with van der Waals surface area (Å²) >= 11 is 0. The maximum atomic E-state index is 11.5. The zero-order chi connectivity index (χ0) is 12.6. The van der Waals surface area contributed by atoms with Crippen LogP contribution in [-0.4, -0.2) is 25.2 Å². The zero-order valence-electron chi connectivity index (χ0n) is 10.7. The van der Waals surface area contributed by atoms with Crippen LogP contribution in [0.3, 0.4) is 0 Å². The minimum atomic E-state index is -0.683. The molecule has 92 valence electrons. The average Bonchev–Trinajstić information content (AvgIpc) is 2.17. The Morgan fingerprint density at radius 2 is 2.00 bits per heavy atom. The standard InChI is InChI=1S/C14H19NO2/c1-10-5-6-11(9-12(10)15(2)3)14(13(16)17)7-4-8-14/h5-6,9H,4,7-8H2,1-3H3,(H,16,17). The van der Waals surface area contributed by atoms with E-state index in [0.717, 1.165) is 30.5 Å². The maximum Gasteiger partial charge on any atom is 0.314 e. The lowest BCUT2D eigenvalue weighted by Crippen LogP contribution is -2.42. The molecule has 0 saturated heterocycles. The van der Waals surface area contributed by atoms with Crippen LogP contribution in [0.1, 0.15) is 30.4 Å². The molecule has 0 bridgehead atoms. The van der Waals surface area contributed by atoms with Crippen LogP contribution in [0.15, 0.2) is 18.2 Å². The Hall–Kier alpha value is -1.51. The van der Waals surface area contributed by atoms with Gasteiger partial charge < -0.3 is 10.0 Å². The quantitative estimate of drug-likeness (QED) is 0.872. The smallest absolute Gasteiger partial charge is 0.314 e. The van der Waals surface area contributed by atoms with E-state index in [-0.39, 0.29) is 0 Å². The first-order valence-corrected chi connectivity index (χ1v) is 5.99. The van der Waals surface area contributed by atoms with Gasteiger partial charge in [0.05, 0.1) is 5.41 Å². The Bertz CT molecular complexity index is 448. The summed E-state index contributed by atoms with van der Waals surface area (Å²) in [6.45, 7) is 2.05. The highest BCUT2D eigenvalue weighted by Crippen LogP contribution is 2.45. The van der Waals surface area contributed by atoms with Gasteiger partial charge in [0, 0.05) is 19.8 Å². The van der Waals surface area contributed by atoms with Gasteiger partial charge in [0.1, 0.15) is 0 Å². The van der Waals surface area contributed by atoms with Crippen LogP contribution < -0.4 is 4.90 Å². The van der Waals surface area contributed by atoms with E-state index in [2.05, 4.69) is 0 Å². The second-order valence-corrected chi connectivity index (χ2v) is 5.14. The van der Waals surface area contributed by atoms with Crippen LogP contribution in [-0.2, 0) is 10.2 Å². The minimum Gasteiger partial charge on any atom is -0.481 e. The van der Waals surface area contributed by atoms with Crippen LogP contribution in [0.4, 0.5) is 5.69 Å². The molecule has 0 atom stereocenters. The van der Waals surface area contributed by atoms with E-state index < -0.39 is 11.4 Å². The summed E-state index contributed by atoms with van der Waals surface area (Å²) in [5.41, 5.74) is 2.61. The molecule has 1 aromatic carbocycles. The van der Waals surface area contributed by atoms with Gasteiger partial charge in [-0.05, 0) is 37.0 Å². The fourth-order valence-corrected chi connectivity index (χ4v) is 2.55. The summed E-state index contributed by atoms with van der Waals surface area (Å²) in [7, 11) is 3.97. The fourth-order valence-electron chi connectivity index (χ4n) is 2.55. The fraction of sp³-hybridized carbons (Fsp3) is 0.500. The van der Waals surface area contributed by atoms with Crippen molar-refractivity contribution in [3.8, 4) is 0 Å². The molecule has 1 aliphatic carbocycles. The third kappa shape index (κ3) is 1.79. The minimum absolute atomic E-state index is 0.627. The highest BCUT2D eigenvalue weighted by molar-refractivity contribution is 5.83. The van der Waals surface area contributed by atoms with E-state index in [4.69, 9.17) is 0 Å². The van der Waals surface area contributed by atoms with Crippen LogP contribution >= 0.6 is 0 Å². The van der Waals surface area contributed by atoms with Crippen LogP contribution in [0, 0.1) is 6.92 Å².